The number of carbonyl (C=O) groups is 1. The molecule has 1 heterocycles. The van der Waals surface area contributed by atoms with Gasteiger partial charge in [-0.05, 0) is 25.2 Å². The normalized spacial score (nSPS) is 20.2. The Bertz CT molecular complexity index is 393. The van der Waals surface area contributed by atoms with Crippen molar-refractivity contribution in [1.82, 2.24) is 9.62 Å². The third-order valence-corrected chi connectivity index (χ3v) is 4.14. The number of hydrogen-bond donors (Lipinski definition) is 1. The van der Waals surface area contributed by atoms with Crippen molar-refractivity contribution in [2.75, 3.05) is 19.3 Å². The summed E-state index contributed by atoms with van der Waals surface area (Å²) in [6.45, 7) is 5.41. The molecule has 112 valence electrons. The van der Waals surface area contributed by atoms with Crippen LogP contribution >= 0.6 is 0 Å². The smallest absolute Gasteiger partial charge is 0.222 e. The molecule has 0 aromatic rings. The van der Waals surface area contributed by atoms with Crippen molar-refractivity contribution in [3.8, 4) is 0 Å². The van der Waals surface area contributed by atoms with E-state index in [0.717, 1.165) is 38.5 Å². The van der Waals surface area contributed by atoms with Gasteiger partial charge in [-0.2, -0.15) is 0 Å². The standard InChI is InChI=1S/C13H26N2O3S/c1-11(2)6-4-8-13(16)15-9-5-7-12(15)10-14-19(3,17)18/h11-12,14H,4-10H2,1-3H3. The van der Waals surface area contributed by atoms with Crippen LogP contribution in [0.25, 0.3) is 0 Å². The van der Waals surface area contributed by atoms with E-state index < -0.39 is 10.0 Å². The number of carbonyl (C=O) groups excluding carboxylic acids is 1. The summed E-state index contributed by atoms with van der Waals surface area (Å²) >= 11 is 0. The van der Waals surface area contributed by atoms with E-state index in [0.29, 0.717) is 18.9 Å². The van der Waals surface area contributed by atoms with E-state index in [1.165, 1.54) is 0 Å². The quantitative estimate of drug-likeness (QED) is 0.769. The first-order chi connectivity index (χ1) is 8.79. The van der Waals surface area contributed by atoms with Crippen LogP contribution in [0.4, 0.5) is 0 Å². The lowest BCUT2D eigenvalue weighted by atomic mass is 10.1. The van der Waals surface area contributed by atoms with Crippen molar-refractivity contribution in [2.24, 2.45) is 5.92 Å². The van der Waals surface area contributed by atoms with Gasteiger partial charge in [0.15, 0.2) is 0 Å². The van der Waals surface area contributed by atoms with Crippen molar-refractivity contribution in [3.05, 3.63) is 0 Å². The van der Waals surface area contributed by atoms with E-state index in [2.05, 4.69) is 18.6 Å². The van der Waals surface area contributed by atoms with Crippen LogP contribution in [0.5, 0.6) is 0 Å². The number of sulfonamides is 1. The lowest BCUT2D eigenvalue weighted by Gasteiger charge is -2.25. The van der Waals surface area contributed by atoms with Gasteiger partial charge in [0.05, 0.1) is 6.26 Å². The molecule has 19 heavy (non-hydrogen) atoms. The van der Waals surface area contributed by atoms with Gasteiger partial charge >= 0.3 is 0 Å². The van der Waals surface area contributed by atoms with Gasteiger partial charge in [0.25, 0.3) is 0 Å². The van der Waals surface area contributed by atoms with E-state index in [1.54, 1.807) is 0 Å². The molecule has 0 bridgehead atoms. The minimum absolute atomic E-state index is 0.0290. The van der Waals surface area contributed by atoms with E-state index in [9.17, 15) is 13.2 Å². The molecule has 5 nitrogen and oxygen atoms in total. The monoisotopic (exact) mass is 290 g/mol. The molecule has 1 atom stereocenters. The first kappa shape index (κ1) is 16.4. The fourth-order valence-electron chi connectivity index (χ4n) is 2.43. The fourth-order valence-corrected chi connectivity index (χ4v) is 2.92. The Morgan fingerprint density at radius 1 is 1.42 bits per heavy atom. The molecule has 0 aliphatic carbocycles. The Morgan fingerprint density at radius 2 is 2.11 bits per heavy atom. The minimum Gasteiger partial charge on any atom is -0.338 e. The number of amides is 1. The maximum atomic E-state index is 12.1. The lowest BCUT2D eigenvalue weighted by Crippen LogP contribution is -2.42. The highest BCUT2D eigenvalue weighted by Crippen LogP contribution is 2.19. The number of likely N-dealkylation sites (tertiary alicyclic amines) is 1. The molecular weight excluding hydrogens is 264 g/mol. The average Bonchev–Trinajstić information content (AvgIpc) is 2.72. The first-order valence-electron chi connectivity index (χ1n) is 7.03. The molecule has 0 radical (unpaired) electrons. The Hall–Kier alpha value is -0.620. The van der Waals surface area contributed by atoms with Crippen LogP contribution in [-0.4, -0.2) is 44.6 Å². The zero-order chi connectivity index (χ0) is 14.5. The van der Waals surface area contributed by atoms with Crippen LogP contribution in [0.1, 0.15) is 46.0 Å². The largest absolute Gasteiger partial charge is 0.338 e. The Kier molecular flexibility index (Phi) is 6.26. The summed E-state index contributed by atoms with van der Waals surface area (Å²) in [4.78, 5) is 14.0. The molecule has 1 aliphatic heterocycles. The highest BCUT2D eigenvalue weighted by molar-refractivity contribution is 7.88. The molecule has 0 spiro atoms. The summed E-state index contributed by atoms with van der Waals surface area (Å²) in [6.07, 6.45) is 5.56. The van der Waals surface area contributed by atoms with Crippen molar-refractivity contribution < 1.29 is 13.2 Å². The van der Waals surface area contributed by atoms with Gasteiger partial charge in [-0.25, -0.2) is 13.1 Å². The maximum Gasteiger partial charge on any atom is 0.222 e. The number of hydrogen-bond acceptors (Lipinski definition) is 3. The minimum atomic E-state index is -3.18. The number of rotatable bonds is 7. The van der Waals surface area contributed by atoms with Gasteiger partial charge < -0.3 is 4.90 Å². The number of nitrogens with zero attached hydrogens (tertiary/aromatic N) is 1. The zero-order valence-corrected chi connectivity index (χ0v) is 13.0. The second-order valence-corrected chi connectivity index (χ2v) is 7.62. The van der Waals surface area contributed by atoms with Crippen LogP contribution in [0.2, 0.25) is 0 Å². The van der Waals surface area contributed by atoms with Gasteiger partial charge in [0.2, 0.25) is 15.9 Å². The van der Waals surface area contributed by atoms with Gasteiger partial charge in [-0.15, -0.1) is 0 Å². The van der Waals surface area contributed by atoms with Crippen LogP contribution in [0.3, 0.4) is 0 Å². The van der Waals surface area contributed by atoms with E-state index in [-0.39, 0.29) is 11.9 Å². The second-order valence-electron chi connectivity index (χ2n) is 5.79. The van der Waals surface area contributed by atoms with Crippen molar-refractivity contribution in [1.29, 1.82) is 0 Å². The highest BCUT2D eigenvalue weighted by atomic mass is 32.2. The molecule has 1 aliphatic rings. The van der Waals surface area contributed by atoms with E-state index >= 15 is 0 Å². The van der Waals surface area contributed by atoms with Gasteiger partial charge in [-0.1, -0.05) is 20.3 Å². The molecule has 1 unspecified atom stereocenters. The van der Waals surface area contributed by atoms with Crippen LogP contribution in [-0.2, 0) is 14.8 Å². The first-order valence-corrected chi connectivity index (χ1v) is 8.93. The summed E-state index contributed by atoms with van der Waals surface area (Å²) in [5.41, 5.74) is 0. The van der Waals surface area contributed by atoms with Gasteiger partial charge in [-0.3, -0.25) is 4.79 Å². The molecule has 1 N–H and O–H groups in total. The molecule has 1 rings (SSSR count). The molecule has 0 saturated carbocycles. The predicted octanol–water partition coefficient (Wildman–Crippen LogP) is 1.35. The lowest BCUT2D eigenvalue weighted by molar-refractivity contribution is -0.132. The maximum absolute atomic E-state index is 12.1. The SMILES string of the molecule is CC(C)CCCC(=O)N1CCCC1CNS(C)(=O)=O. The Morgan fingerprint density at radius 3 is 2.68 bits per heavy atom. The van der Waals surface area contributed by atoms with E-state index in [4.69, 9.17) is 0 Å². The average molecular weight is 290 g/mol. The summed E-state index contributed by atoms with van der Waals surface area (Å²) in [5.74, 6) is 0.785. The van der Waals surface area contributed by atoms with Crippen molar-refractivity contribution >= 4 is 15.9 Å². The molecule has 0 aromatic carbocycles. The molecule has 1 amide bonds. The second kappa shape index (κ2) is 7.24. The molecule has 1 fully saturated rings. The zero-order valence-electron chi connectivity index (χ0n) is 12.2. The van der Waals surface area contributed by atoms with Gasteiger partial charge in [0, 0.05) is 25.6 Å². The third kappa shape index (κ3) is 6.38. The predicted molar refractivity (Wildman–Crippen MR) is 76.3 cm³/mol. The topological polar surface area (TPSA) is 66.5 Å². The van der Waals surface area contributed by atoms with Crippen molar-refractivity contribution in [3.63, 3.8) is 0 Å². The summed E-state index contributed by atoms with van der Waals surface area (Å²) in [7, 11) is -3.18. The third-order valence-electron chi connectivity index (χ3n) is 3.45. The number of nitrogens with one attached hydrogen (secondary N) is 1. The Labute approximate surface area is 116 Å². The molecule has 1 saturated heterocycles. The molecule has 6 heteroatoms. The Balaban J connectivity index is 2.40. The summed E-state index contributed by atoms with van der Waals surface area (Å²) in [6, 6.07) is 0.0290. The fraction of sp³-hybridized carbons (Fsp3) is 0.923. The summed E-state index contributed by atoms with van der Waals surface area (Å²) in [5, 5.41) is 0. The molecule has 0 aromatic heterocycles. The highest BCUT2D eigenvalue weighted by Gasteiger charge is 2.28. The van der Waals surface area contributed by atoms with E-state index in [1.807, 2.05) is 4.90 Å². The summed E-state index contributed by atoms with van der Waals surface area (Å²) < 4.78 is 24.7. The van der Waals surface area contributed by atoms with Gasteiger partial charge in [0.1, 0.15) is 0 Å². The van der Waals surface area contributed by atoms with Crippen LogP contribution in [0.15, 0.2) is 0 Å². The van der Waals surface area contributed by atoms with Crippen molar-refractivity contribution in [2.45, 2.75) is 52.0 Å². The van der Waals surface area contributed by atoms with Crippen LogP contribution < -0.4 is 4.72 Å². The molecular formula is C13H26N2O3S. The van der Waals surface area contributed by atoms with Crippen LogP contribution in [0, 0.1) is 5.92 Å².